The number of carbonyl (C=O) groups is 4. The van der Waals surface area contributed by atoms with Crippen LogP contribution < -0.4 is 0 Å². The van der Waals surface area contributed by atoms with Gasteiger partial charge in [-0.25, -0.2) is 4.79 Å². The molecule has 0 saturated carbocycles. The summed E-state index contributed by atoms with van der Waals surface area (Å²) in [6.07, 6.45) is 8.77. The number of rotatable bonds is 24. The first-order valence-corrected chi connectivity index (χ1v) is 14.0. The van der Waals surface area contributed by atoms with E-state index in [1.165, 1.54) is 0 Å². The van der Waals surface area contributed by atoms with Crippen LogP contribution >= 0.6 is 0 Å². The molecule has 0 aromatic heterocycles. The Balaban J connectivity index is 6.93. The third-order valence-electron chi connectivity index (χ3n) is 7.15. The highest BCUT2D eigenvalue weighted by molar-refractivity contribution is 6.06. The lowest BCUT2D eigenvalue weighted by atomic mass is 9.59. The van der Waals surface area contributed by atoms with Crippen molar-refractivity contribution in [1.82, 2.24) is 0 Å². The Morgan fingerprint density at radius 3 is 1.47 bits per heavy atom. The van der Waals surface area contributed by atoms with E-state index in [0.717, 1.165) is 44.9 Å². The van der Waals surface area contributed by atoms with Gasteiger partial charge in [0, 0.05) is 13.0 Å². The zero-order valence-electron chi connectivity index (χ0n) is 23.0. The Labute approximate surface area is 217 Å². The van der Waals surface area contributed by atoms with Gasteiger partial charge in [0.2, 0.25) is 5.60 Å². The van der Waals surface area contributed by atoms with Crippen molar-refractivity contribution in [2.75, 3.05) is 6.61 Å². The Bertz CT molecular complexity index is 662. The van der Waals surface area contributed by atoms with Crippen molar-refractivity contribution in [3.05, 3.63) is 0 Å². The molecular formula is C28H50O8. The van der Waals surface area contributed by atoms with Crippen molar-refractivity contribution in [1.29, 1.82) is 0 Å². The third-order valence-corrected chi connectivity index (χ3v) is 7.15. The second-order valence-electron chi connectivity index (χ2n) is 9.95. The number of unbranched alkanes of at least 4 members (excludes halogenated alkanes) is 9. The average Bonchev–Trinajstić information content (AvgIpc) is 2.81. The highest BCUT2D eigenvalue weighted by atomic mass is 16.5. The van der Waals surface area contributed by atoms with E-state index in [9.17, 15) is 34.5 Å². The highest BCUT2D eigenvalue weighted by Gasteiger charge is 2.69. The molecule has 0 spiro atoms. The maximum atomic E-state index is 13.2. The van der Waals surface area contributed by atoms with Gasteiger partial charge in [-0.1, -0.05) is 98.3 Å². The van der Waals surface area contributed by atoms with Gasteiger partial charge in [-0.3, -0.25) is 14.4 Å². The minimum absolute atomic E-state index is 0.0566. The average molecular weight is 515 g/mol. The molecule has 0 bridgehead atoms. The van der Waals surface area contributed by atoms with Crippen molar-refractivity contribution >= 4 is 23.7 Å². The molecule has 0 aliphatic carbocycles. The lowest BCUT2D eigenvalue weighted by molar-refractivity contribution is -0.219. The van der Waals surface area contributed by atoms with Crippen LogP contribution in [0.4, 0.5) is 0 Å². The largest absolute Gasteiger partial charge is 0.481 e. The van der Waals surface area contributed by atoms with Gasteiger partial charge >= 0.3 is 17.9 Å². The molecule has 0 aromatic rings. The van der Waals surface area contributed by atoms with Crippen LogP contribution in [-0.2, 0) is 23.9 Å². The normalized spacial score (nSPS) is 14.2. The van der Waals surface area contributed by atoms with E-state index in [4.69, 9.17) is 4.74 Å². The predicted molar refractivity (Wildman–Crippen MR) is 139 cm³/mol. The van der Waals surface area contributed by atoms with Gasteiger partial charge in [0.15, 0.2) is 11.7 Å². The summed E-state index contributed by atoms with van der Waals surface area (Å²) in [4.78, 5) is 52.0. The molecule has 0 heterocycles. The number of carboxylic acids is 3. The quantitative estimate of drug-likeness (QED) is 0.0981. The number of hydrogen-bond acceptors (Lipinski definition) is 5. The van der Waals surface area contributed by atoms with Gasteiger partial charge in [-0.2, -0.15) is 0 Å². The number of carboxylic acid groups (broad SMARTS) is 3. The topological polar surface area (TPSA) is 138 Å². The van der Waals surface area contributed by atoms with E-state index >= 15 is 0 Å². The summed E-state index contributed by atoms with van der Waals surface area (Å²) < 4.78 is 5.99. The number of ether oxygens (including phenoxy) is 1. The van der Waals surface area contributed by atoms with Crippen LogP contribution in [0.2, 0.25) is 0 Å². The zero-order chi connectivity index (χ0) is 27.6. The maximum absolute atomic E-state index is 13.2. The van der Waals surface area contributed by atoms with Crippen molar-refractivity contribution in [3.63, 3.8) is 0 Å². The molecule has 0 rings (SSSR count). The van der Waals surface area contributed by atoms with Gasteiger partial charge in [0.25, 0.3) is 0 Å². The van der Waals surface area contributed by atoms with Crippen molar-refractivity contribution in [2.24, 2.45) is 11.3 Å². The predicted octanol–water partition coefficient (Wildman–Crippen LogP) is 6.49. The Kier molecular flexibility index (Phi) is 17.3. The molecule has 3 N–H and O–H groups in total. The summed E-state index contributed by atoms with van der Waals surface area (Å²) in [5, 5.41) is 31.5. The fourth-order valence-electron chi connectivity index (χ4n) is 5.15. The lowest BCUT2D eigenvalue weighted by Crippen LogP contribution is -2.67. The second kappa shape index (κ2) is 18.3. The van der Waals surface area contributed by atoms with Crippen LogP contribution in [-0.4, -0.2) is 51.2 Å². The first kappa shape index (κ1) is 34.0. The lowest BCUT2D eigenvalue weighted by Gasteiger charge is -2.47. The molecule has 0 radical (unpaired) electrons. The van der Waals surface area contributed by atoms with E-state index < -0.39 is 40.6 Å². The molecule has 0 aliphatic rings. The van der Waals surface area contributed by atoms with Gasteiger partial charge < -0.3 is 20.1 Å². The number of hydrogen-bond donors (Lipinski definition) is 3. The van der Waals surface area contributed by atoms with Crippen LogP contribution in [0.3, 0.4) is 0 Å². The third kappa shape index (κ3) is 9.16. The number of ketones is 1. The van der Waals surface area contributed by atoms with Crippen LogP contribution in [0, 0.1) is 11.3 Å². The molecule has 8 heteroatoms. The SMILES string of the molecule is CCCCCCOC(C(=O)O)(C(C(=O)O)C(=O)CCC)C(CCCCCC)(CCCCCC)C(=O)O. The minimum Gasteiger partial charge on any atom is -0.481 e. The zero-order valence-corrected chi connectivity index (χ0v) is 23.0. The summed E-state index contributed by atoms with van der Waals surface area (Å²) in [5.41, 5.74) is -4.74. The molecule has 0 fully saturated rings. The summed E-state index contributed by atoms with van der Waals surface area (Å²) in [5.74, 6) is -7.62. The molecule has 2 atom stereocenters. The Morgan fingerprint density at radius 2 is 1.11 bits per heavy atom. The van der Waals surface area contributed by atoms with Crippen LogP contribution in [0.5, 0.6) is 0 Å². The minimum atomic E-state index is -2.69. The number of Topliss-reactive ketones (excluding diaryl/α,β-unsaturated/α-hetero) is 1. The highest BCUT2D eigenvalue weighted by Crippen LogP contribution is 2.50. The monoisotopic (exact) mass is 514 g/mol. The fraction of sp³-hybridized carbons (Fsp3) is 0.857. The molecule has 0 amide bonds. The van der Waals surface area contributed by atoms with E-state index in [-0.39, 0.29) is 25.9 Å². The molecule has 0 aliphatic heterocycles. The standard InChI is InChI=1S/C28H50O8/c1-5-9-12-15-19-27(25(32)33,20-16-13-10-6-2)28(26(34)35,36-21-17-14-11-7-3)23(24(30)31)22(29)18-8-4/h23H,5-21H2,1-4H3,(H,30,31)(H,32,33)(H,34,35). The number of aliphatic carboxylic acids is 3. The fourth-order valence-corrected chi connectivity index (χ4v) is 5.15. The molecule has 8 nitrogen and oxygen atoms in total. The van der Waals surface area contributed by atoms with E-state index in [2.05, 4.69) is 0 Å². The van der Waals surface area contributed by atoms with Gasteiger partial charge in [0.05, 0.1) is 0 Å². The first-order valence-electron chi connectivity index (χ1n) is 14.0. The smallest absolute Gasteiger partial charge is 0.338 e. The van der Waals surface area contributed by atoms with Gasteiger partial charge in [-0.15, -0.1) is 0 Å². The van der Waals surface area contributed by atoms with Crippen molar-refractivity contribution in [2.45, 2.75) is 136 Å². The van der Waals surface area contributed by atoms with Crippen molar-refractivity contribution in [3.8, 4) is 0 Å². The molecule has 0 aromatic carbocycles. The first-order chi connectivity index (χ1) is 17.1. The summed E-state index contributed by atoms with van der Waals surface area (Å²) in [6, 6.07) is 0. The van der Waals surface area contributed by atoms with Crippen LogP contribution in [0.25, 0.3) is 0 Å². The molecular weight excluding hydrogens is 464 g/mol. The summed E-state index contributed by atoms with van der Waals surface area (Å²) in [6.45, 7) is 7.63. The summed E-state index contributed by atoms with van der Waals surface area (Å²) in [7, 11) is 0. The maximum Gasteiger partial charge on any atom is 0.338 e. The van der Waals surface area contributed by atoms with Crippen molar-refractivity contribution < 1.29 is 39.2 Å². The molecule has 2 unspecified atom stereocenters. The van der Waals surface area contributed by atoms with Crippen LogP contribution in [0.15, 0.2) is 0 Å². The molecule has 36 heavy (non-hydrogen) atoms. The van der Waals surface area contributed by atoms with Gasteiger partial charge in [0.1, 0.15) is 5.41 Å². The Morgan fingerprint density at radius 1 is 0.639 bits per heavy atom. The van der Waals surface area contributed by atoms with E-state index in [1.54, 1.807) is 6.92 Å². The second-order valence-corrected chi connectivity index (χ2v) is 9.95. The van der Waals surface area contributed by atoms with E-state index in [1.807, 2.05) is 20.8 Å². The van der Waals surface area contributed by atoms with Crippen LogP contribution in [0.1, 0.15) is 130 Å². The number of carbonyl (C=O) groups excluding carboxylic acids is 1. The molecule has 0 saturated heterocycles. The summed E-state index contributed by atoms with van der Waals surface area (Å²) >= 11 is 0. The van der Waals surface area contributed by atoms with E-state index in [0.29, 0.717) is 38.5 Å². The molecule has 210 valence electrons. The Hall–Kier alpha value is -1.96. The van der Waals surface area contributed by atoms with Gasteiger partial charge in [-0.05, 0) is 25.7 Å².